The van der Waals surface area contributed by atoms with Gasteiger partial charge in [0.2, 0.25) is 0 Å². The molecule has 0 N–H and O–H groups in total. The molecule has 0 radical (unpaired) electrons. The number of rotatable bonds is 3. The Kier molecular flexibility index (Phi) is 21.0. The van der Waals surface area contributed by atoms with Gasteiger partial charge in [0.1, 0.15) is 10.5 Å². The van der Waals surface area contributed by atoms with Crippen molar-refractivity contribution in [3.8, 4) is 0 Å². The van der Waals surface area contributed by atoms with Gasteiger partial charge in [-0.3, -0.25) is 4.11 Å². The van der Waals surface area contributed by atoms with Gasteiger partial charge >= 0.3 is 10.1 Å². The lowest BCUT2D eigenvalue weighted by Gasteiger charge is -1.86. The maximum Gasteiger partial charge on any atom is 0.342 e. The quantitative estimate of drug-likeness (QED) is 0.412. The van der Waals surface area contributed by atoms with E-state index in [0.29, 0.717) is 10.5 Å². The largest absolute Gasteiger partial charge is 0.446 e. The van der Waals surface area contributed by atoms with Gasteiger partial charge in [-0.2, -0.15) is 0 Å². The first-order valence-corrected chi connectivity index (χ1v) is 4.88. The first kappa shape index (κ1) is 12.0. The van der Waals surface area contributed by atoms with Crippen LogP contribution in [0.15, 0.2) is 0 Å². The van der Waals surface area contributed by atoms with Crippen LogP contribution in [0.2, 0.25) is 0 Å². The third-order valence-electron chi connectivity index (χ3n) is 0.517. The highest BCUT2D eigenvalue weighted by molar-refractivity contribution is 6.26. The van der Waals surface area contributed by atoms with Gasteiger partial charge in [-0.1, -0.05) is 0 Å². The second-order valence-electron chi connectivity index (χ2n) is 1.18. The molecular weight excluding hydrogens is 155 g/mol. The minimum absolute atomic E-state index is 0.576. The monoisotopic (exact) mass is 170 g/mol. The van der Waals surface area contributed by atoms with Crippen LogP contribution in [0.1, 0.15) is 13.8 Å². The van der Waals surface area contributed by atoms with Crippen LogP contribution in [0, 0.1) is 0 Å². The Balaban J connectivity index is 0. The Bertz CT molecular complexity index is 35.7. The van der Waals surface area contributed by atoms with Gasteiger partial charge in [0.05, 0.1) is 0 Å². The van der Waals surface area contributed by atoms with Crippen molar-refractivity contribution in [1.82, 2.24) is 0 Å². The molecule has 0 heterocycles. The molecule has 0 atom stereocenters. The molecule has 0 rings (SSSR count). The van der Waals surface area contributed by atoms with E-state index in [1.165, 1.54) is 0 Å². The zero-order valence-corrected chi connectivity index (χ0v) is 9.73. The summed E-state index contributed by atoms with van der Waals surface area (Å²) in [6, 6.07) is 0. The number of hydrogen-bond acceptors (Lipinski definition) is 2. The molecule has 58 valence electrons. The average Bonchev–Trinajstić information content (AvgIpc) is 1.91. The molecule has 0 aliphatic heterocycles. The lowest BCUT2D eigenvalue weighted by molar-refractivity contribution is 0.162. The number of hydrogen-bond donors (Lipinski definition) is 0. The maximum atomic E-state index is 10.7. The van der Waals surface area contributed by atoms with Gasteiger partial charge in [-0.25, -0.2) is 0 Å². The van der Waals surface area contributed by atoms with Crippen molar-refractivity contribution in [2.45, 2.75) is 13.8 Å². The highest BCUT2D eigenvalue weighted by Crippen LogP contribution is 1.64. The fourth-order valence-electron chi connectivity index (χ4n) is 0.204. The van der Waals surface area contributed by atoms with Crippen LogP contribution in [-0.4, -0.2) is 33.8 Å². The van der Waals surface area contributed by atoms with Crippen molar-refractivity contribution < 1.29 is 13.0 Å². The van der Waals surface area contributed by atoms with Gasteiger partial charge in [-0.15, -0.1) is 0 Å². The summed E-state index contributed by atoms with van der Waals surface area (Å²) < 4.78 is 19.7. The van der Waals surface area contributed by atoms with Crippen molar-refractivity contribution in [3.05, 3.63) is 0 Å². The summed E-state index contributed by atoms with van der Waals surface area (Å²) in [6.45, 7) is 5.67. The Morgan fingerprint density at radius 3 is 1.78 bits per heavy atom. The molecule has 5 heteroatoms. The predicted octanol–water partition coefficient (Wildman–Crippen LogP) is -0.706. The molecule has 0 unspecified atom stereocenters. The second-order valence-corrected chi connectivity index (χ2v) is 3.71. The van der Waals surface area contributed by atoms with E-state index in [2.05, 4.69) is 4.12 Å². The van der Waals surface area contributed by atoms with Crippen molar-refractivity contribution >= 4 is 20.6 Å². The Morgan fingerprint density at radius 2 is 1.78 bits per heavy atom. The van der Waals surface area contributed by atoms with Crippen LogP contribution in [0.3, 0.4) is 0 Å². The number of ether oxygens (including phenoxy) is 1. The average molecular weight is 170 g/mol. The molecular formula is C4H15FO2Si2. The van der Waals surface area contributed by atoms with Crippen molar-refractivity contribution in [2.24, 2.45) is 0 Å². The normalized spacial score (nSPS) is 9.67. The van der Waals surface area contributed by atoms with Crippen molar-refractivity contribution in [2.75, 3.05) is 13.2 Å². The summed E-state index contributed by atoms with van der Waals surface area (Å²) in [5.74, 6) is 0. The Morgan fingerprint density at radius 1 is 1.44 bits per heavy atom. The molecule has 0 aromatic carbocycles. The van der Waals surface area contributed by atoms with Crippen molar-refractivity contribution in [3.63, 3.8) is 0 Å². The molecule has 0 aliphatic carbocycles. The van der Waals surface area contributed by atoms with Crippen LogP contribution in [-0.2, 0) is 8.85 Å². The first-order chi connectivity index (χ1) is 4.33. The molecule has 0 fully saturated rings. The van der Waals surface area contributed by atoms with E-state index in [1.54, 1.807) is 0 Å². The van der Waals surface area contributed by atoms with Crippen LogP contribution >= 0.6 is 0 Å². The van der Waals surface area contributed by atoms with Crippen LogP contribution in [0.25, 0.3) is 0 Å². The molecule has 0 bridgehead atoms. The van der Waals surface area contributed by atoms with Crippen LogP contribution in [0.4, 0.5) is 4.11 Å². The molecule has 0 aromatic rings. The van der Waals surface area contributed by atoms with E-state index in [1.807, 2.05) is 13.8 Å². The summed E-state index contributed by atoms with van der Waals surface area (Å²) >= 11 is 0. The van der Waals surface area contributed by atoms with Crippen LogP contribution in [0.5, 0.6) is 0 Å². The Hall–Kier alpha value is 0.284. The standard InChI is InChI=1S/C4H10O.FH5OSi2/c1-3-5-4-2;1-4-2-3/h3-4H2,1-2H3;4H2,3H3. The molecule has 0 saturated carbocycles. The smallest absolute Gasteiger partial charge is 0.342 e. The molecule has 9 heavy (non-hydrogen) atoms. The van der Waals surface area contributed by atoms with E-state index < -0.39 is 10.1 Å². The van der Waals surface area contributed by atoms with Gasteiger partial charge in [0.25, 0.3) is 0 Å². The molecule has 0 aromatic heterocycles. The van der Waals surface area contributed by atoms with Gasteiger partial charge in [-0.05, 0) is 13.8 Å². The number of halogens is 1. The minimum atomic E-state index is -1.51. The molecule has 2 nitrogen and oxygen atoms in total. The lowest BCUT2D eigenvalue weighted by atomic mass is 10.8. The SMILES string of the molecule is CCOCC.F[SiH2]O[SiH3]. The first-order valence-electron chi connectivity index (χ1n) is 2.96. The topological polar surface area (TPSA) is 18.5 Å². The van der Waals surface area contributed by atoms with Crippen LogP contribution < -0.4 is 0 Å². The molecule has 0 amide bonds. The summed E-state index contributed by atoms with van der Waals surface area (Å²) in [6.07, 6.45) is 0. The van der Waals surface area contributed by atoms with Gasteiger partial charge in [0, 0.05) is 13.2 Å². The zero-order valence-electron chi connectivity index (χ0n) is 6.32. The van der Waals surface area contributed by atoms with Gasteiger partial charge < -0.3 is 8.85 Å². The predicted molar refractivity (Wildman–Crippen MR) is 42.8 cm³/mol. The van der Waals surface area contributed by atoms with E-state index >= 15 is 0 Å². The fourth-order valence-corrected chi connectivity index (χ4v) is 0.204. The summed E-state index contributed by atoms with van der Waals surface area (Å²) in [5.41, 5.74) is 0. The molecule has 0 saturated heterocycles. The van der Waals surface area contributed by atoms with E-state index in [-0.39, 0.29) is 0 Å². The lowest BCUT2D eigenvalue weighted by Crippen LogP contribution is -1.84. The highest BCUT2D eigenvalue weighted by Gasteiger charge is 1.64. The second kappa shape index (κ2) is 15.7. The Labute approximate surface area is 61.4 Å². The molecule has 0 aliphatic rings. The summed E-state index contributed by atoms with van der Waals surface area (Å²) in [5, 5.41) is 0. The zero-order chi connectivity index (χ0) is 7.54. The summed E-state index contributed by atoms with van der Waals surface area (Å²) in [4.78, 5) is 0. The fraction of sp³-hybridized carbons (Fsp3) is 1.00. The van der Waals surface area contributed by atoms with Gasteiger partial charge in [0.15, 0.2) is 0 Å². The summed E-state index contributed by atoms with van der Waals surface area (Å²) in [7, 11) is -0.937. The van der Waals surface area contributed by atoms with E-state index in [9.17, 15) is 4.11 Å². The highest BCUT2D eigenvalue weighted by atomic mass is 28.3. The van der Waals surface area contributed by atoms with E-state index in [0.717, 1.165) is 13.2 Å². The maximum absolute atomic E-state index is 10.7. The molecule has 0 spiro atoms. The van der Waals surface area contributed by atoms with Crippen molar-refractivity contribution in [1.29, 1.82) is 0 Å². The third-order valence-corrected chi connectivity index (χ3v) is 1.39. The van der Waals surface area contributed by atoms with E-state index in [4.69, 9.17) is 4.74 Å². The third kappa shape index (κ3) is 30.3. The minimum Gasteiger partial charge on any atom is -0.446 e.